The van der Waals surface area contributed by atoms with Gasteiger partial charge >= 0.3 is 0 Å². The highest BCUT2D eigenvalue weighted by molar-refractivity contribution is 7.92. The van der Waals surface area contributed by atoms with Gasteiger partial charge in [-0.2, -0.15) is 8.42 Å². The quantitative estimate of drug-likeness (QED) is 0.769. The molecule has 0 bridgehead atoms. The molecule has 0 spiro atoms. The summed E-state index contributed by atoms with van der Waals surface area (Å²) in [4.78, 5) is 20.2. The van der Waals surface area contributed by atoms with E-state index in [0.29, 0.717) is 16.4 Å². The summed E-state index contributed by atoms with van der Waals surface area (Å²) in [6, 6.07) is 6.50. The summed E-state index contributed by atoms with van der Waals surface area (Å²) in [6.45, 7) is 3.41. The molecular weight excluding hydrogens is 348 g/mol. The second kappa shape index (κ2) is 6.17. The zero-order chi connectivity index (χ0) is 17.3. The molecule has 124 valence electrons. The first-order valence-electron chi connectivity index (χ1n) is 6.98. The van der Waals surface area contributed by atoms with Crippen LogP contribution in [0, 0.1) is 13.8 Å². The Labute approximate surface area is 143 Å². The average molecular weight is 362 g/mol. The smallest absolute Gasteiger partial charge is 0.279 e. The van der Waals surface area contributed by atoms with Gasteiger partial charge in [0.2, 0.25) is 0 Å². The van der Waals surface area contributed by atoms with Gasteiger partial charge in [0.05, 0.1) is 16.4 Å². The Balaban J connectivity index is 1.85. The maximum Gasteiger partial charge on any atom is 0.279 e. The van der Waals surface area contributed by atoms with Crippen molar-refractivity contribution in [2.75, 3.05) is 5.32 Å². The third-order valence-corrected chi connectivity index (χ3v) is 6.49. The maximum absolute atomic E-state index is 12.6. The standard InChI is InChI=1S/C15H14N4O3S2/c1-10-15(23-11(2)17-10)24(21,22)19-8-6-12(9-19)18-14(20)13-5-3-4-7-16-13/h3-9H,1-2H3,(H,18,20). The highest BCUT2D eigenvalue weighted by Gasteiger charge is 2.23. The van der Waals surface area contributed by atoms with E-state index in [2.05, 4.69) is 15.3 Å². The minimum atomic E-state index is -3.72. The monoisotopic (exact) mass is 362 g/mol. The fourth-order valence-electron chi connectivity index (χ4n) is 2.14. The molecule has 0 aromatic carbocycles. The van der Waals surface area contributed by atoms with Crippen molar-refractivity contribution >= 4 is 33.0 Å². The van der Waals surface area contributed by atoms with Crippen molar-refractivity contribution in [3.8, 4) is 0 Å². The van der Waals surface area contributed by atoms with E-state index in [1.807, 2.05) is 0 Å². The molecule has 1 amide bonds. The molecule has 24 heavy (non-hydrogen) atoms. The van der Waals surface area contributed by atoms with Gasteiger partial charge in [-0.3, -0.25) is 9.78 Å². The average Bonchev–Trinajstić information content (AvgIpc) is 3.15. The van der Waals surface area contributed by atoms with Crippen molar-refractivity contribution in [2.45, 2.75) is 18.1 Å². The van der Waals surface area contributed by atoms with Crippen LogP contribution < -0.4 is 5.32 Å². The van der Waals surface area contributed by atoms with Gasteiger partial charge in [-0.15, -0.1) is 11.3 Å². The Kier molecular flexibility index (Phi) is 4.20. The van der Waals surface area contributed by atoms with Crippen molar-refractivity contribution < 1.29 is 13.2 Å². The lowest BCUT2D eigenvalue weighted by Crippen LogP contribution is -2.13. The van der Waals surface area contributed by atoms with Gasteiger partial charge in [0, 0.05) is 18.6 Å². The molecule has 0 radical (unpaired) electrons. The molecule has 0 saturated carbocycles. The molecule has 9 heteroatoms. The second-order valence-corrected chi connectivity index (χ2v) is 8.25. The van der Waals surface area contributed by atoms with Gasteiger partial charge in [0.25, 0.3) is 15.9 Å². The first-order chi connectivity index (χ1) is 11.4. The summed E-state index contributed by atoms with van der Waals surface area (Å²) in [5, 5.41) is 3.31. The summed E-state index contributed by atoms with van der Waals surface area (Å²) in [7, 11) is -3.72. The highest BCUT2D eigenvalue weighted by Crippen LogP contribution is 2.26. The Bertz CT molecular complexity index is 991. The molecule has 3 rings (SSSR count). The number of hydrogen-bond donors (Lipinski definition) is 1. The van der Waals surface area contributed by atoms with Crippen molar-refractivity contribution in [3.63, 3.8) is 0 Å². The first-order valence-corrected chi connectivity index (χ1v) is 9.23. The van der Waals surface area contributed by atoms with Crippen LogP contribution in [0.3, 0.4) is 0 Å². The van der Waals surface area contributed by atoms with Crippen molar-refractivity contribution in [1.82, 2.24) is 13.9 Å². The fourth-order valence-corrected chi connectivity index (χ4v) is 4.91. The number of thiazole rings is 1. The number of amides is 1. The van der Waals surface area contributed by atoms with Crippen LogP contribution in [0.2, 0.25) is 0 Å². The zero-order valence-electron chi connectivity index (χ0n) is 12.9. The highest BCUT2D eigenvalue weighted by atomic mass is 32.2. The number of rotatable bonds is 4. The molecule has 7 nitrogen and oxygen atoms in total. The Morgan fingerprint density at radius 1 is 1.25 bits per heavy atom. The van der Waals surface area contributed by atoms with Crippen LogP contribution in [0.15, 0.2) is 47.1 Å². The number of anilines is 1. The van der Waals surface area contributed by atoms with E-state index in [0.717, 1.165) is 15.3 Å². The molecule has 0 unspecified atom stereocenters. The van der Waals surface area contributed by atoms with Gasteiger partial charge in [-0.05, 0) is 32.0 Å². The van der Waals surface area contributed by atoms with Crippen LogP contribution in [0.4, 0.5) is 5.69 Å². The van der Waals surface area contributed by atoms with Gasteiger partial charge in [0.15, 0.2) is 4.21 Å². The molecule has 0 saturated heterocycles. The number of nitrogens with zero attached hydrogens (tertiary/aromatic N) is 3. The van der Waals surface area contributed by atoms with E-state index in [1.165, 1.54) is 24.7 Å². The van der Waals surface area contributed by atoms with Gasteiger partial charge in [-0.25, -0.2) is 8.96 Å². The van der Waals surface area contributed by atoms with E-state index in [9.17, 15) is 13.2 Å². The normalized spacial score (nSPS) is 11.4. The van der Waals surface area contributed by atoms with Crippen molar-refractivity contribution in [3.05, 3.63) is 59.3 Å². The van der Waals surface area contributed by atoms with Gasteiger partial charge < -0.3 is 5.32 Å². The molecule has 0 aliphatic rings. The van der Waals surface area contributed by atoms with Gasteiger partial charge in [-0.1, -0.05) is 6.07 Å². The summed E-state index contributed by atoms with van der Waals surface area (Å²) < 4.78 is 26.6. The zero-order valence-corrected chi connectivity index (χ0v) is 14.6. The van der Waals surface area contributed by atoms with Crippen LogP contribution in [-0.4, -0.2) is 28.3 Å². The topological polar surface area (TPSA) is 94.0 Å². The molecule has 0 atom stereocenters. The SMILES string of the molecule is Cc1nc(C)c(S(=O)(=O)n2ccc(NC(=O)c3ccccn3)c2)s1. The lowest BCUT2D eigenvalue weighted by atomic mass is 10.3. The Hall–Kier alpha value is -2.52. The number of pyridine rings is 1. The molecular formula is C15H14N4O3S2. The summed E-state index contributed by atoms with van der Waals surface area (Å²) in [6.07, 6.45) is 4.25. The number of carbonyl (C=O) groups is 1. The van der Waals surface area contributed by atoms with E-state index in [4.69, 9.17) is 0 Å². The lowest BCUT2D eigenvalue weighted by molar-refractivity contribution is 0.102. The third kappa shape index (κ3) is 3.08. The minimum absolute atomic E-state index is 0.193. The number of carbonyl (C=O) groups excluding carboxylic acids is 1. The summed E-state index contributed by atoms with van der Waals surface area (Å²) in [5.74, 6) is -0.407. The molecule has 3 heterocycles. The first kappa shape index (κ1) is 16.3. The van der Waals surface area contributed by atoms with Gasteiger partial charge in [0.1, 0.15) is 5.69 Å². The molecule has 1 N–H and O–H groups in total. The Morgan fingerprint density at radius 3 is 2.67 bits per heavy atom. The number of hydrogen-bond acceptors (Lipinski definition) is 6. The third-order valence-electron chi connectivity index (χ3n) is 3.20. The molecule has 0 aliphatic carbocycles. The molecule has 3 aromatic rings. The van der Waals surface area contributed by atoms with E-state index >= 15 is 0 Å². The maximum atomic E-state index is 12.6. The fraction of sp³-hybridized carbons (Fsp3) is 0.133. The predicted octanol–water partition coefficient (Wildman–Crippen LogP) is 2.45. The van der Waals surface area contributed by atoms with E-state index in [1.54, 1.807) is 32.0 Å². The summed E-state index contributed by atoms with van der Waals surface area (Å²) >= 11 is 1.12. The van der Waals surface area contributed by atoms with E-state index in [-0.39, 0.29) is 9.90 Å². The number of aryl methyl sites for hydroxylation is 2. The molecule has 3 aromatic heterocycles. The summed E-state index contributed by atoms with van der Waals surface area (Å²) in [5.41, 5.74) is 1.08. The predicted molar refractivity (Wildman–Crippen MR) is 90.8 cm³/mol. The van der Waals surface area contributed by atoms with Crippen LogP contribution in [0.5, 0.6) is 0 Å². The minimum Gasteiger partial charge on any atom is -0.319 e. The lowest BCUT2D eigenvalue weighted by Gasteiger charge is -2.04. The van der Waals surface area contributed by atoms with Crippen LogP contribution >= 0.6 is 11.3 Å². The van der Waals surface area contributed by atoms with Crippen LogP contribution in [0.25, 0.3) is 0 Å². The molecule has 0 aliphatic heterocycles. The number of nitrogens with one attached hydrogen (secondary N) is 1. The second-order valence-electron chi connectivity index (χ2n) is 5.01. The van der Waals surface area contributed by atoms with Crippen LogP contribution in [-0.2, 0) is 10.0 Å². The molecule has 0 fully saturated rings. The number of aromatic nitrogens is 3. The Morgan fingerprint density at radius 2 is 2.04 bits per heavy atom. The van der Waals surface area contributed by atoms with E-state index < -0.39 is 15.9 Å². The van der Waals surface area contributed by atoms with Crippen molar-refractivity contribution in [2.24, 2.45) is 0 Å². The van der Waals surface area contributed by atoms with Crippen LogP contribution in [0.1, 0.15) is 21.2 Å². The largest absolute Gasteiger partial charge is 0.319 e. The van der Waals surface area contributed by atoms with Crippen molar-refractivity contribution in [1.29, 1.82) is 0 Å².